The summed E-state index contributed by atoms with van der Waals surface area (Å²) in [4.78, 5) is 32.8. The van der Waals surface area contributed by atoms with Crippen molar-refractivity contribution in [1.29, 1.82) is 0 Å². The molecule has 2 aliphatic heterocycles. The number of carbonyl (C=O) groups is 2. The van der Waals surface area contributed by atoms with Crippen molar-refractivity contribution in [3.63, 3.8) is 0 Å². The van der Waals surface area contributed by atoms with Crippen LogP contribution in [0.4, 0.5) is 5.13 Å². The fourth-order valence-electron chi connectivity index (χ4n) is 4.45. The van der Waals surface area contributed by atoms with Gasteiger partial charge in [0.15, 0.2) is 16.6 Å². The first-order valence-electron chi connectivity index (χ1n) is 11.3. The molecule has 1 amide bonds. The van der Waals surface area contributed by atoms with E-state index in [-0.39, 0.29) is 11.3 Å². The van der Waals surface area contributed by atoms with E-state index in [1.54, 1.807) is 37.4 Å². The van der Waals surface area contributed by atoms with Crippen LogP contribution in [0.15, 0.2) is 72.3 Å². The van der Waals surface area contributed by atoms with Gasteiger partial charge in [-0.2, -0.15) is 0 Å². The number of aliphatic hydroxyl groups excluding tert-OH is 1. The first-order chi connectivity index (χ1) is 17.5. The summed E-state index contributed by atoms with van der Waals surface area (Å²) in [5.74, 6) is -0.136. The molecule has 1 N–H and O–H groups in total. The first kappa shape index (κ1) is 22.1. The molecule has 6 rings (SSSR count). The van der Waals surface area contributed by atoms with Crippen molar-refractivity contribution in [1.82, 2.24) is 4.98 Å². The van der Waals surface area contributed by atoms with Gasteiger partial charge in [0.2, 0.25) is 0 Å². The normalized spacial score (nSPS) is 18.6. The van der Waals surface area contributed by atoms with Gasteiger partial charge in [0, 0.05) is 5.56 Å². The van der Waals surface area contributed by atoms with E-state index in [1.807, 2.05) is 36.4 Å². The highest BCUT2D eigenvalue weighted by atomic mass is 32.1. The van der Waals surface area contributed by atoms with Crippen LogP contribution < -0.4 is 19.1 Å². The second-order valence-corrected chi connectivity index (χ2v) is 9.28. The summed E-state index contributed by atoms with van der Waals surface area (Å²) >= 11 is 1.28. The summed E-state index contributed by atoms with van der Waals surface area (Å²) < 4.78 is 17.3. The van der Waals surface area contributed by atoms with Gasteiger partial charge < -0.3 is 19.3 Å². The standard InChI is InChI=1S/C27H20N2O6S/c1-33-17-8-9-18-21(14-17)36-27(28-18)29-23(15-5-3-2-4-6-15)22(25(31)26(29)32)24(30)16-7-10-19-20(13-16)35-12-11-34-19/h2-10,13-14,23,30H,11-12H2,1H3/b24-22+. The maximum absolute atomic E-state index is 13.4. The van der Waals surface area contributed by atoms with Crippen molar-refractivity contribution in [3.05, 3.63) is 83.4 Å². The van der Waals surface area contributed by atoms with Gasteiger partial charge in [0.05, 0.1) is 28.9 Å². The summed E-state index contributed by atoms with van der Waals surface area (Å²) in [6, 6.07) is 18.6. The van der Waals surface area contributed by atoms with Gasteiger partial charge in [-0.05, 0) is 42.0 Å². The van der Waals surface area contributed by atoms with E-state index in [2.05, 4.69) is 4.98 Å². The van der Waals surface area contributed by atoms with Crippen molar-refractivity contribution in [3.8, 4) is 17.2 Å². The number of carbonyl (C=O) groups excluding carboxylic acids is 2. The Bertz CT molecular complexity index is 1540. The average molecular weight is 501 g/mol. The largest absolute Gasteiger partial charge is 0.507 e. The number of aromatic nitrogens is 1. The number of ketones is 1. The Labute approximate surface area is 210 Å². The molecule has 1 unspecified atom stereocenters. The van der Waals surface area contributed by atoms with Crippen LogP contribution in [0, 0.1) is 0 Å². The fraction of sp³-hybridized carbons (Fsp3) is 0.148. The van der Waals surface area contributed by atoms with E-state index in [4.69, 9.17) is 14.2 Å². The number of benzene rings is 3. The number of fused-ring (bicyclic) bond motifs is 2. The highest BCUT2D eigenvalue weighted by Gasteiger charge is 2.48. The molecule has 2 aliphatic rings. The number of thiazole rings is 1. The summed E-state index contributed by atoms with van der Waals surface area (Å²) in [5.41, 5.74) is 1.69. The number of ether oxygens (including phenoxy) is 3. The molecule has 0 aliphatic carbocycles. The minimum Gasteiger partial charge on any atom is -0.507 e. The maximum atomic E-state index is 13.4. The maximum Gasteiger partial charge on any atom is 0.301 e. The average Bonchev–Trinajstić information content (AvgIpc) is 3.46. The predicted octanol–water partition coefficient (Wildman–Crippen LogP) is 4.70. The number of methoxy groups -OCH3 is 1. The second kappa shape index (κ2) is 8.69. The minimum atomic E-state index is -0.859. The number of aliphatic hydroxyl groups is 1. The molecule has 0 bridgehead atoms. The Kier molecular flexibility index (Phi) is 5.34. The van der Waals surface area contributed by atoms with Crippen LogP contribution in [-0.2, 0) is 9.59 Å². The van der Waals surface area contributed by atoms with Crippen LogP contribution >= 0.6 is 11.3 Å². The van der Waals surface area contributed by atoms with E-state index >= 15 is 0 Å². The van der Waals surface area contributed by atoms with E-state index in [0.717, 1.165) is 4.70 Å². The van der Waals surface area contributed by atoms with E-state index in [1.165, 1.54) is 16.2 Å². The van der Waals surface area contributed by atoms with Crippen LogP contribution in [0.2, 0.25) is 0 Å². The van der Waals surface area contributed by atoms with E-state index in [9.17, 15) is 14.7 Å². The Balaban J connectivity index is 1.52. The Morgan fingerprint density at radius 2 is 1.81 bits per heavy atom. The lowest BCUT2D eigenvalue weighted by Gasteiger charge is -2.23. The van der Waals surface area contributed by atoms with Crippen molar-refractivity contribution in [2.45, 2.75) is 6.04 Å². The Morgan fingerprint density at radius 1 is 1.03 bits per heavy atom. The lowest BCUT2D eigenvalue weighted by Crippen LogP contribution is -2.29. The van der Waals surface area contributed by atoms with Gasteiger partial charge in [-0.25, -0.2) is 4.98 Å². The van der Waals surface area contributed by atoms with Crippen molar-refractivity contribution >= 4 is 44.1 Å². The van der Waals surface area contributed by atoms with Gasteiger partial charge in [0.1, 0.15) is 24.7 Å². The minimum absolute atomic E-state index is 0.0142. The summed E-state index contributed by atoms with van der Waals surface area (Å²) in [6.45, 7) is 0.819. The topological polar surface area (TPSA) is 98.2 Å². The molecule has 1 saturated heterocycles. The number of nitrogens with zero attached hydrogens (tertiary/aromatic N) is 2. The highest BCUT2D eigenvalue weighted by Crippen LogP contribution is 2.45. The third kappa shape index (κ3) is 3.56. The molecule has 1 atom stereocenters. The molecular weight excluding hydrogens is 480 g/mol. The zero-order chi connectivity index (χ0) is 24.8. The molecule has 36 heavy (non-hydrogen) atoms. The Hall–Kier alpha value is -4.37. The van der Waals surface area contributed by atoms with Gasteiger partial charge in [-0.1, -0.05) is 41.7 Å². The van der Waals surface area contributed by atoms with Crippen LogP contribution in [0.5, 0.6) is 17.2 Å². The molecule has 3 heterocycles. The van der Waals surface area contributed by atoms with E-state index in [0.29, 0.717) is 52.2 Å². The molecular formula is C27H20N2O6S. The molecule has 8 nitrogen and oxygen atoms in total. The lowest BCUT2D eigenvalue weighted by molar-refractivity contribution is -0.132. The monoisotopic (exact) mass is 500 g/mol. The summed E-state index contributed by atoms with van der Waals surface area (Å²) in [6.07, 6.45) is 0. The number of hydrogen-bond acceptors (Lipinski definition) is 8. The number of Topliss-reactive ketones (excluding diaryl/α,β-unsaturated/α-hetero) is 1. The Morgan fingerprint density at radius 3 is 2.58 bits per heavy atom. The number of rotatable bonds is 4. The molecule has 0 saturated carbocycles. The summed E-state index contributed by atoms with van der Waals surface area (Å²) in [5, 5.41) is 11.7. The first-order valence-corrected chi connectivity index (χ1v) is 12.1. The van der Waals surface area contributed by atoms with Crippen LogP contribution in [-0.4, -0.2) is 42.1 Å². The molecule has 4 aromatic rings. The smallest absolute Gasteiger partial charge is 0.301 e. The third-order valence-electron chi connectivity index (χ3n) is 6.17. The summed E-state index contributed by atoms with van der Waals surface area (Å²) in [7, 11) is 1.58. The van der Waals surface area contributed by atoms with E-state index < -0.39 is 17.7 Å². The zero-order valence-electron chi connectivity index (χ0n) is 19.1. The van der Waals surface area contributed by atoms with Crippen LogP contribution in [0.1, 0.15) is 17.2 Å². The number of anilines is 1. The van der Waals surface area contributed by atoms with Gasteiger partial charge in [0.25, 0.3) is 5.78 Å². The predicted molar refractivity (Wildman–Crippen MR) is 135 cm³/mol. The quantitative estimate of drug-likeness (QED) is 0.246. The van der Waals surface area contributed by atoms with Gasteiger partial charge in [-0.3, -0.25) is 14.5 Å². The molecule has 1 aromatic heterocycles. The molecule has 0 radical (unpaired) electrons. The third-order valence-corrected chi connectivity index (χ3v) is 7.18. The molecule has 1 fully saturated rings. The molecule has 180 valence electrons. The van der Waals surface area contributed by atoms with Crippen molar-refractivity contribution < 1.29 is 28.9 Å². The molecule has 0 spiro atoms. The number of hydrogen-bond donors (Lipinski definition) is 1. The zero-order valence-corrected chi connectivity index (χ0v) is 20.0. The van der Waals surface area contributed by atoms with Crippen LogP contribution in [0.25, 0.3) is 16.0 Å². The van der Waals surface area contributed by atoms with Gasteiger partial charge >= 0.3 is 5.91 Å². The van der Waals surface area contributed by atoms with Gasteiger partial charge in [-0.15, -0.1) is 0 Å². The number of amides is 1. The van der Waals surface area contributed by atoms with Crippen molar-refractivity contribution in [2.24, 2.45) is 0 Å². The molecule has 3 aromatic carbocycles. The van der Waals surface area contributed by atoms with Crippen molar-refractivity contribution in [2.75, 3.05) is 25.2 Å². The SMILES string of the molecule is COc1ccc2nc(N3C(=O)C(=O)/C(=C(/O)c4ccc5c(c4)OCCO5)C3c3ccccc3)sc2c1. The molecule has 9 heteroatoms. The highest BCUT2D eigenvalue weighted by molar-refractivity contribution is 7.22. The van der Waals surface area contributed by atoms with Crippen LogP contribution in [0.3, 0.4) is 0 Å². The second-order valence-electron chi connectivity index (χ2n) is 8.27. The fourth-order valence-corrected chi connectivity index (χ4v) is 5.47. The lowest BCUT2D eigenvalue weighted by atomic mass is 9.95.